The van der Waals surface area contributed by atoms with Crippen molar-refractivity contribution in [2.45, 2.75) is 0 Å². The molecule has 0 aliphatic rings. The SMILES string of the molecule is O=P(O)(O)OP(=O)(O)Oc1cc(-c2ccccc2)c(-c2ccccc2)c(O)c1-c1ccccc1. The molecular weight excluding hydrogens is 478 g/mol. The lowest BCUT2D eigenvalue weighted by Crippen LogP contribution is -1.99. The van der Waals surface area contributed by atoms with Crippen molar-refractivity contribution in [1.29, 1.82) is 0 Å². The summed E-state index contributed by atoms with van der Waals surface area (Å²) in [6, 6.07) is 28.0. The van der Waals surface area contributed by atoms with E-state index in [0.717, 1.165) is 0 Å². The van der Waals surface area contributed by atoms with Crippen LogP contribution in [0.15, 0.2) is 97.1 Å². The van der Waals surface area contributed by atoms with E-state index in [-0.39, 0.29) is 17.1 Å². The lowest BCUT2D eigenvalue weighted by atomic mass is 9.89. The number of benzene rings is 4. The summed E-state index contributed by atoms with van der Waals surface area (Å²) in [5.41, 5.74) is 2.77. The topological polar surface area (TPSA) is 134 Å². The molecule has 0 bridgehead atoms. The minimum Gasteiger partial charge on any atom is -0.506 e. The number of phenolic OH excluding ortho intramolecular Hbond substituents is 1. The highest BCUT2D eigenvalue weighted by atomic mass is 31.3. The van der Waals surface area contributed by atoms with Crippen LogP contribution in [0.4, 0.5) is 0 Å². The van der Waals surface area contributed by atoms with Gasteiger partial charge in [-0.2, -0.15) is 4.31 Å². The molecule has 174 valence electrons. The van der Waals surface area contributed by atoms with Crippen LogP contribution in [-0.4, -0.2) is 19.8 Å². The van der Waals surface area contributed by atoms with Gasteiger partial charge in [0.15, 0.2) is 0 Å². The Kier molecular flexibility index (Phi) is 6.73. The molecule has 0 saturated heterocycles. The monoisotopic (exact) mass is 498 g/mol. The van der Waals surface area contributed by atoms with Gasteiger partial charge in [-0.3, -0.25) is 4.89 Å². The molecule has 0 amide bonds. The van der Waals surface area contributed by atoms with Gasteiger partial charge in [0.05, 0.1) is 5.56 Å². The lowest BCUT2D eigenvalue weighted by molar-refractivity contribution is 0.229. The number of rotatable bonds is 7. The maximum absolute atomic E-state index is 12.4. The Morgan fingerprint density at radius 1 is 0.618 bits per heavy atom. The van der Waals surface area contributed by atoms with Crippen molar-refractivity contribution in [2.75, 3.05) is 0 Å². The Labute approximate surface area is 195 Å². The molecule has 0 fully saturated rings. The molecule has 0 radical (unpaired) electrons. The van der Waals surface area contributed by atoms with Gasteiger partial charge < -0.3 is 19.4 Å². The largest absolute Gasteiger partial charge is 0.536 e. The van der Waals surface area contributed by atoms with Crippen LogP contribution >= 0.6 is 15.6 Å². The van der Waals surface area contributed by atoms with E-state index in [1.807, 2.05) is 36.4 Å². The van der Waals surface area contributed by atoms with Gasteiger partial charge in [-0.1, -0.05) is 91.0 Å². The zero-order valence-electron chi connectivity index (χ0n) is 17.6. The number of phenols is 1. The van der Waals surface area contributed by atoms with Crippen LogP contribution in [0.3, 0.4) is 0 Å². The Bertz CT molecular complexity index is 1390. The molecule has 0 heterocycles. The van der Waals surface area contributed by atoms with E-state index in [2.05, 4.69) is 4.31 Å². The molecule has 10 heteroatoms. The second-order valence-electron chi connectivity index (χ2n) is 7.25. The molecule has 1 atom stereocenters. The fourth-order valence-electron chi connectivity index (χ4n) is 3.62. The van der Waals surface area contributed by atoms with Crippen molar-refractivity contribution in [1.82, 2.24) is 0 Å². The van der Waals surface area contributed by atoms with E-state index in [4.69, 9.17) is 14.3 Å². The molecule has 0 aromatic heterocycles. The van der Waals surface area contributed by atoms with Gasteiger partial charge in [0.2, 0.25) is 0 Å². The first-order valence-electron chi connectivity index (χ1n) is 10.0. The van der Waals surface area contributed by atoms with Crippen molar-refractivity contribution in [3.05, 3.63) is 97.1 Å². The number of hydrogen-bond acceptors (Lipinski definition) is 5. The third-order valence-corrected chi connectivity index (χ3v) is 7.00. The van der Waals surface area contributed by atoms with Gasteiger partial charge in [-0.05, 0) is 28.3 Å². The normalized spacial score (nSPS) is 13.3. The lowest BCUT2D eigenvalue weighted by Gasteiger charge is -2.21. The van der Waals surface area contributed by atoms with Gasteiger partial charge >= 0.3 is 15.6 Å². The molecule has 0 aliphatic carbocycles. The predicted octanol–water partition coefficient (Wildman–Crippen LogP) is 5.98. The van der Waals surface area contributed by atoms with E-state index < -0.39 is 15.6 Å². The Hall–Kier alpha value is -3.22. The van der Waals surface area contributed by atoms with Gasteiger partial charge in [0.25, 0.3) is 0 Å². The first kappa shape index (κ1) is 23.9. The molecule has 0 spiro atoms. The van der Waals surface area contributed by atoms with Gasteiger partial charge in [0, 0.05) is 5.56 Å². The van der Waals surface area contributed by atoms with Crippen LogP contribution in [0.2, 0.25) is 0 Å². The Balaban J connectivity index is 2.03. The first-order valence-corrected chi connectivity index (χ1v) is 13.0. The van der Waals surface area contributed by atoms with E-state index in [1.54, 1.807) is 54.6 Å². The van der Waals surface area contributed by atoms with Crippen LogP contribution in [0.25, 0.3) is 33.4 Å². The summed E-state index contributed by atoms with van der Waals surface area (Å²) in [5.74, 6) is -0.536. The minimum atomic E-state index is -5.35. The van der Waals surface area contributed by atoms with Crippen molar-refractivity contribution < 1.29 is 37.8 Å². The Morgan fingerprint density at radius 3 is 1.53 bits per heavy atom. The summed E-state index contributed by atoms with van der Waals surface area (Å²) in [7, 11) is -10.6. The van der Waals surface area contributed by atoms with E-state index in [9.17, 15) is 19.1 Å². The molecule has 4 rings (SSSR count). The summed E-state index contributed by atoms with van der Waals surface area (Å²) in [6.45, 7) is 0. The maximum atomic E-state index is 12.4. The zero-order chi connectivity index (χ0) is 24.3. The molecule has 4 aromatic carbocycles. The number of hydrogen-bond donors (Lipinski definition) is 4. The van der Waals surface area contributed by atoms with Crippen molar-refractivity contribution in [3.63, 3.8) is 0 Å². The van der Waals surface area contributed by atoms with Crippen LogP contribution in [-0.2, 0) is 13.4 Å². The van der Waals surface area contributed by atoms with Crippen LogP contribution in [0.5, 0.6) is 11.5 Å². The summed E-state index contributed by atoms with van der Waals surface area (Å²) in [5, 5.41) is 11.5. The van der Waals surface area contributed by atoms with Crippen molar-refractivity contribution >= 4 is 15.6 Å². The van der Waals surface area contributed by atoms with Gasteiger partial charge in [-0.25, -0.2) is 9.13 Å². The highest BCUT2D eigenvalue weighted by Crippen LogP contribution is 2.60. The average molecular weight is 498 g/mol. The molecule has 1 unspecified atom stereocenters. The van der Waals surface area contributed by atoms with E-state index >= 15 is 0 Å². The molecule has 34 heavy (non-hydrogen) atoms. The molecule has 0 saturated carbocycles. The Morgan fingerprint density at radius 2 is 1.06 bits per heavy atom. The minimum absolute atomic E-state index is 0.0581. The van der Waals surface area contributed by atoms with Crippen LogP contribution in [0.1, 0.15) is 0 Å². The zero-order valence-corrected chi connectivity index (χ0v) is 19.3. The molecular formula is C24H20O8P2. The maximum Gasteiger partial charge on any atom is 0.536 e. The summed E-state index contributed by atoms with van der Waals surface area (Å²) in [4.78, 5) is 28.1. The molecule has 4 N–H and O–H groups in total. The highest BCUT2D eigenvalue weighted by molar-refractivity contribution is 7.60. The summed E-state index contributed by atoms with van der Waals surface area (Å²) < 4.78 is 32.8. The van der Waals surface area contributed by atoms with Crippen molar-refractivity contribution in [3.8, 4) is 44.9 Å². The number of aromatic hydroxyl groups is 1. The average Bonchev–Trinajstić information content (AvgIpc) is 2.79. The first-order chi connectivity index (χ1) is 16.1. The predicted molar refractivity (Wildman–Crippen MR) is 128 cm³/mol. The van der Waals surface area contributed by atoms with Gasteiger partial charge in [0.1, 0.15) is 11.5 Å². The fraction of sp³-hybridized carbons (Fsp3) is 0. The third-order valence-electron chi connectivity index (χ3n) is 4.90. The molecule has 8 nitrogen and oxygen atoms in total. The molecule has 0 aliphatic heterocycles. The number of phosphoric ester groups is 1. The number of phosphoric acid groups is 2. The second kappa shape index (κ2) is 9.57. The standard InChI is InChI=1S/C24H20O8P2/c25-24-22(18-12-6-2-7-13-18)20(17-10-4-1-5-11-17)16-21(23(24)19-14-8-3-9-15-19)31-34(29,30)32-33(26,27)28/h1-16,25H,(H,29,30)(H2,26,27,28). The van der Waals surface area contributed by atoms with Gasteiger partial charge in [-0.15, -0.1) is 0 Å². The van der Waals surface area contributed by atoms with Crippen LogP contribution in [0, 0.1) is 0 Å². The fourth-order valence-corrected chi connectivity index (χ4v) is 5.22. The van der Waals surface area contributed by atoms with E-state index in [0.29, 0.717) is 27.8 Å². The van der Waals surface area contributed by atoms with Crippen LogP contribution < -0.4 is 4.52 Å². The van der Waals surface area contributed by atoms with E-state index in [1.165, 1.54) is 6.07 Å². The smallest absolute Gasteiger partial charge is 0.506 e. The summed E-state index contributed by atoms with van der Waals surface area (Å²) in [6.07, 6.45) is 0. The summed E-state index contributed by atoms with van der Waals surface area (Å²) >= 11 is 0. The highest BCUT2D eigenvalue weighted by Gasteiger charge is 2.35. The second-order valence-corrected chi connectivity index (χ2v) is 10.0. The quantitative estimate of drug-likeness (QED) is 0.229. The molecule has 4 aromatic rings. The van der Waals surface area contributed by atoms with Crippen molar-refractivity contribution in [2.24, 2.45) is 0 Å². The third kappa shape index (κ3) is 5.46.